The molecule has 1 unspecified atom stereocenters. The first-order valence-corrected chi connectivity index (χ1v) is 3.51. The van der Waals surface area contributed by atoms with Gasteiger partial charge in [-0.15, -0.1) is 0 Å². The van der Waals surface area contributed by atoms with E-state index in [0.29, 0.717) is 13.0 Å². The molecule has 4 N–H and O–H groups in total. The fourth-order valence-corrected chi connectivity index (χ4v) is 0.932. The Labute approximate surface area is 68.6 Å². The Kier molecular flexibility index (Phi) is 1.77. The van der Waals surface area contributed by atoms with Crippen LogP contribution >= 0.6 is 0 Å². The lowest BCUT2D eigenvalue weighted by atomic mass is 9.95. The highest BCUT2D eigenvalue weighted by Gasteiger charge is 2.13. The Morgan fingerprint density at radius 2 is 2.45 bits per heavy atom. The first-order chi connectivity index (χ1) is 6.00. The molecule has 1 aliphatic carbocycles. The van der Waals surface area contributed by atoms with E-state index in [1.807, 2.05) is 0 Å². The van der Waals surface area contributed by atoms with Gasteiger partial charge in [-0.3, -0.25) is 0 Å². The highest BCUT2D eigenvalue weighted by molar-refractivity contribution is 5.20. The van der Waals surface area contributed by atoms with Gasteiger partial charge in [-0.2, -0.15) is 0 Å². The van der Waals surface area contributed by atoms with Gasteiger partial charge in [0.1, 0.15) is 5.76 Å². The van der Waals surface area contributed by atoms with E-state index in [0.717, 1.165) is 0 Å². The van der Waals surface area contributed by atoms with E-state index in [9.17, 15) is 5.11 Å². The predicted octanol–water partition coefficient (Wildman–Crippen LogP) is 1.24. The third-order valence-electron chi connectivity index (χ3n) is 1.53. The molecule has 1 aliphatic rings. The van der Waals surface area contributed by atoms with Crippen LogP contribution in [-0.4, -0.2) is 16.8 Å². The Bertz CT molecular complexity index is 261. The molecule has 0 radical (unpaired) electrons. The van der Waals surface area contributed by atoms with E-state index < -0.39 is 23.8 Å². The molecule has 0 aromatic rings. The normalized spacial score (nSPS) is 31.5. The molecular weight excluding hydrogens is 142 g/mol. The van der Waals surface area contributed by atoms with Crippen LogP contribution in [0.5, 0.6) is 0 Å². The van der Waals surface area contributed by atoms with E-state index in [4.69, 9.17) is 13.6 Å². The van der Waals surface area contributed by atoms with Gasteiger partial charge in [0.2, 0.25) is 0 Å². The number of rotatable bonds is 2. The zero-order valence-corrected chi connectivity index (χ0v) is 6.12. The summed E-state index contributed by atoms with van der Waals surface area (Å²) in [5.74, 6) is -1.47. The van der Waals surface area contributed by atoms with E-state index >= 15 is 0 Å². The summed E-state index contributed by atoms with van der Waals surface area (Å²) in [7, 11) is 0. The van der Waals surface area contributed by atoms with Crippen molar-refractivity contribution >= 4 is 0 Å². The van der Waals surface area contributed by atoms with Crippen LogP contribution < -0.4 is 5.73 Å². The molecule has 3 heteroatoms. The van der Waals surface area contributed by atoms with Crippen molar-refractivity contribution in [2.24, 2.45) is 11.7 Å². The van der Waals surface area contributed by atoms with Crippen LogP contribution in [0.3, 0.4) is 0 Å². The minimum atomic E-state index is -1.90. The van der Waals surface area contributed by atoms with Gasteiger partial charge in [-0.1, -0.05) is 6.08 Å². The lowest BCUT2D eigenvalue weighted by Crippen LogP contribution is -2.10. The van der Waals surface area contributed by atoms with Crippen molar-refractivity contribution in [3.8, 4) is 0 Å². The van der Waals surface area contributed by atoms with E-state index in [1.165, 1.54) is 12.2 Å². The minimum Gasteiger partial charge on any atom is -0.508 e. The number of hydrogen-bond acceptors (Lipinski definition) is 3. The molecule has 0 aromatic heterocycles. The molecule has 0 bridgehead atoms. The average molecular weight is 157 g/mol. The Morgan fingerprint density at radius 1 is 1.73 bits per heavy atom. The molecule has 3 nitrogen and oxygen atoms in total. The summed E-state index contributed by atoms with van der Waals surface area (Å²) in [6.45, 7) is 0.350. The Balaban J connectivity index is 2.91. The predicted molar refractivity (Wildman–Crippen MR) is 43.2 cm³/mol. The molecule has 1 rings (SSSR count). The van der Waals surface area contributed by atoms with Crippen molar-refractivity contribution in [1.82, 2.24) is 0 Å². The largest absolute Gasteiger partial charge is 0.508 e. The number of aliphatic hydroxyl groups is 2. The summed E-state index contributed by atoms with van der Waals surface area (Å²) in [6.07, 6.45) is 1.37. The standard InChI is InChI=1S/C8H13NO2/c9-4-3-6-1-2-7(10)8(11)5-6/h1-2,6,10-11H,3-5,9H2/i5D2. The SMILES string of the molecule is [2H]C1([2H])C(O)=C(O)C=CC1CCN. The smallest absolute Gasteiger partial charge is 0.152 e. The monoisotopic (exact) mass is 157 g/mol. The van der Waals surface area contributed by atoms with Crippen LogP contribution in [0, 0.1) is 5.92 Å². The molecule has 11 heavy (non-hydrogen) atoms. The van der Waals surface area contributed by atoms with Crippen LogP contribution in [0.2, 0.25) is 0 Å². The summed E-state index contributed by atoms with van der Waals surface area (Å²) >= 11 is 0. The summed E-state index contributed by atoms with van der Waals surface area (Å²) in [5, 5.41) is 18.3. The molecule has 0 spiro atoms. The molecule has 0 aliphatic heterocycles. The summed E-state index contributed by atoms with van der Waals surface area (Å²) in [4.78, 5) is 0. The van der Waals surface area contributed by atoms with Crippen LogP contribution in [0.1, 0.15) is 15.5 Å². The quantitative estimate of drug-likeness (QED) is 0.565. The Hall–Kier alpha value is -0.960. The highest BCUT2D eigenvalue weighted by atomic mass is 16.3. The van der Waals surface area contributed by atoms with Crippen molar-refractivity contribution in [1.29, 1.82) is 0 Å². The average Bonchev–Trinajstić information content (AvgIpc) is 2.07. The van der Waals surface area contributed by atoms with Crippen molar-refractivity contribution in [3.63, 3.8) is 0 Å². The lowest BCUT2D eigenvalue weighted by Gasteiger charge is -2.15. The summed E-state index contributed by atoms with van der Waals surface area (Å²) in [6, 6.07) is 0. The second-order valence-electron chi connectivity index (χ2n) is 2.42. The molecule has 0 saturated carbocycles. The van der Waals surface area contributed by atoms with Crippen molar-refractivity contribution in [2.75, 3.05) is 6.54 Å². The first kappa shape index (κ1) is 5.66. The zero-order valence-electron chi connectivity index (χ0n) is 8.12. The van der Waals surface area contributed by atoms with Gasteiger partial charge in [-0.05, 0) is 25.0 Å². The number of aliphatic hydroxyl groups excluding tert-OH is 2. The fourth-order valence-electron chi connectivity index (χ4n) is 0.932. The maximum absolute atomic E-state index is 9.27. The topological polar surface area (TPSA) is 66.5 Å². The third kappa shape index (κ3) is 1.98. The van der Waals surface area contributed by atoms with Gasteiger partial charge in [0.15, 0.2) is 5.76 Å². The van der Waals surface area contributed by atoms with Crippen LogP contribution in [0.15, 0.2) is 23.7 Å². The molecule has 62 valence electrons. The van der Waals surface area contributed by atoms with Gasteiger partial charge >= 0.3 is 0 Å². The van der Waals surface area contributed by atoms with Crippen molar-refractivity contribution < 1.29 is 13.0 Å². The van der Waals surface area contributed by atoms with E-state index in [-0.39, 0.29) is 0 Å². The first-order valence-electron chi connectivity index (χ1n) is 4.51. The summed E-state index contributed by atoms with van der Waals surface area (Å²) in [5.41, 5.74) is 5.30. The van der Waals surface area contributed by atoms with Gasteiger partial charge in [0, 0.05) is 9.11 Å². The molecule has 0 saturated heterocycles. The van der Waals surface area contributed by atoms with Crippen molar-refractivity contribution in [2.45, 2.75) is 12.8 Å². The summed E-state index contributed by atoms with van der Waals surface area (Å²) < 4.78 is 15.0. The van der Waals surface area contributed by atoms with Crippen molar-refractivity contribution in [3.05, 3.63) is 23.7 Å². The number of hydrogen-bond donors (Lipinski definition) is 3. The molecule has 0 amide bonds. The van der Waals surface area contributed by atoms with Crippen LogP contribution in [-0.2, 0) is 0 Å². The fraction of sp³-hybridized carbons (Fsp3) is 0.500. The lowest BCUT2D eigenvalue weighted by molar-refractivity contribution is 0.300. The van der Waals surface area contributed by atoms with Gasteiger partial charge in [0.05, 0.1) is 0 Å². The third-order valence-corrected chi connectivity index (χ3v) is 1.53. The van der Waals surface area contributed by atoms with Crippen LogP contribution in [0.25, 0.3) is 0 Å². The molecule has 1 atom stereocenters. The number of nitrogens with two attached hydrogens (primary N) is 1. The molecule has 0 aromatic carbocycles. The second-order valence-corrected chi connectivity index (χ2v) is 2.42. The number of allylic oxidation sites excluding steroid dienone is 3. The zero-order chi connectivity index (χ0) is 10.1. The highest BCUT2D eigenvalue weighted by Crippen LogP contribution is 2.22. The van der Waals surface area contributed by atoms with E-state index in [2.05, 4.69) is 0 Å². The molecular formula is C8H13NO2. The maximum atomic E-state index is 9.27. The van der Waals surface area contributed by atoms with E-state index in [1.54, 1.807) is 0 Å². The van der Waals surface area contributed by atoms with Crippen LogP contribution in [0.4, 0.5) is 0 Å². The maximum Gasteiger partial charge on any atom is 0.152 e. The molecule has 0 heterocycles. The van der Waals surface area contributed by atoms with Gasteiger partial charge in [-0.25, -0.2) is 0 Å². The second kappa shape index (κ2) is 3.44. The van der Waals surface area contributed by atoms with Gasteiger partial charge < -0.3 is 15.9 Å². The molecule has 0 fully saturated rings. The minimum absolute atomic E-state index is 0.350. The van der Waals surface area contributed by atoms with Gasteiger partial charge in [0.25, 0.3) is 0 Å². The Morgan fingerprint density at radius 3 is 3.09 bits per heavy atom.